The molecule has 4 N–H and O–H groups in total. The average molecular weight is 279 g/mol. The largest absolute Gasteiger partial charge is 0.494 e. The van der Waals surface area contributed by atoms with E-state index in [0.29, 0.717) is 18.7 Å². The van der Waals surface area contributed by atoms with Crippen LogP contribution in [0.4, 0.5) is 0 Å². The molecular formula is C14H21N3O3. The van der Waals surface area contributed by atoms with Crippen LogP contribution in [0.15, 0.2) is 18.2 Å². The van der Waals surface area contributed by atoms with Gasteiger partial charge < -0.3 is 21.1 Å². The summed E-state index contributed by atoms with van der Waals surface area (Å²) in [6, 6.07) is 5.12. The van der Waals surface area contributed by atoms with Gasteiger partial charge in [-0.1, -0.05) is 6.07 Å². The summed E-state index contributed by atoms with van der Waals surface area (Å²) in [6.45, 7) is 3.05. The van der Waals surface area contributed by atoms with E-state index in [0.717, 1.165) is 11.3 Å². The van der Waals surface area contributed by atoms with Gasteiger partial charge in [0.15, 0.2) is 0 Å². The van der Waals surface area contributed by atoms with Crippen LogP contribution in [-0.4, -0.2) is 37.4 Å². The number of amides is 2. The quantitative estimate of drug-likeness (QED) is 0.696. The number of ether oxygens (including phenoxy) is 1. The molecule has 1 aromatic rings. The minimum atomic E-state index is -1.12. The van der Waals surface area contributed by atoms with Gasteiger partial charge in [0.25, 0.3) is 0 Å². The molecule has 0 fully saturated rings. The summed E-state index contributed by atoms with van der Waals surface area (Å²) < 4.78 is 5.53. The summed E-state index contributed by atoms with van der Waals surface area (Å²) in [5, 5.41) is 0. The number of carbonyl (C=O) groups excluding carboxylic acids is 2. The van der Waals surface area contributed by atoms with Crippen molar-refractivity contribution in [2.24, 2.45) is 11.5 Å². The van der Waals surface area contributed by atoms with Crippen molar-refractivity contribution in [3.63, 3.8) is 0 Å². The molecule has 0 unspecified atom stereocenters. The highest BCUT2D eigenvalue weighted by molar-refractivity contribution is 6.04. The number of primary amides is 2. The molecule has 0 aromatic heterocycles. The molecule has 6 heteroatoms. The zero-order valence-corrected chi connectivity index (χ0v) is 12.1. The minimum absolute atomic E-state index is 0.491. The van der Waals surface area contributed by atoms with Crippen molar-refractivity contribution in [2.45, 2.75) is 19.4 Å². The highest BCUT2D eigenvalue weighted by Crippen LogP contribution is 2.25. The summed E-state index contributed by atoms with van der Waals surface area (Å²) in [5.74, 6) is -1.90. The van der Waals surface area contributed by atoms with E-state index in [9.17, 15) is 9.59 Å². The minimum Gasteiger partial charge on any atom is -0.494 e. The number of benzene rings is 1. The maximum absolute atomic E-state index is 11.4. The lowest BCUT2D eigenvalue weighted by Gasteiger charge is -2.17. The van der Waals surface area contributed by atoms with Crippen LogP contribution < -0.4 is 16.2 Å². The van der Waals surface area contributed by atoms with E-state index in [-0.39, 0.29) is 0 Å². The average Bonchev–Trinajstić information content (AvgIpc) is 2.31. The Morgan fingerprint density at radius 3 is 2.30 bits per heavy atom. The Morgan fingerprint density at radius 2 is 1.85 bits per heavy atom. The van der Waals surface area contributed by atoms with Crippen LogP contribution >= 0.6 is 0 Å². The van der Waals surface area contributed by atoms with Crippen LogP contribution in [-0.2, 0) is 16.1 Å². The third kappa shape index (κ3) is 3.96. The highest BCUT2D eigenvalue weighted by Gasteiger charge is 2.25. The molecule has 0 radical (unpaired) electrons. The van der Waals surface area contributed by atoms with Gasteiger partial charge in [-0.2, -0.15) is 0 Å². The van der Waals surface area contributed by atoms with Crippen LogP contribution in [0.5, 0.6) is 5.75 Å². The van der Waals surface area contributed by atoms with E-state index in [1.54, 1.807) is 18.2 Å². The number of nitrogens with two attached hydrogens (primary N) is 2. The van der Waals surface area contributed by atoms with Crippen LogP contribution in [0.1, 0.15) is 24.0 Å². The molecule has 1 aromatic carbocycles. The zero-order valence-electron chi connectivity index (χ0n) is 12.1. The van der Waals surface area contributed by atoms with Crippen molar-refractivity contribution < 1.29 is 14.3 Å². The number of hydrogen-bond donors (Lipinski definition) is 2. The van der Waals surface area contributed by atoms with Crippen molar-refractivity contribution in [3.8, 4) is 5.75 Å². The third-order valence-corrected chi connectivity index (χ3v) is 2.77. The highest BCUT2D eigenvalue weighted by atomic mass is 16.5. The molecule has 1 rings (SSSR count). The van der Waals surface area contributed by atoms with Gasteiger partial charge in [-0.15, -0.1) is 0 Å². The van der Waals surface area contributed by atoms with Crippen LogP contribution in [0.2, 0.25) is 0 Å². The van der Waals surface area contributed by atoms with E-state index >= 15 is 0 Å². The first kappa shape index (κ1) is 16.0. The molecule has 0 aliphatic rings. The van der Waals surface area contributed by atoms with Crippen molar-refractivity contribution >= 4 is 11.8 Å². The number of rotatable bonds is 7. The second-order valence-electron chi connectivity index (χ2n) is 4.78. The number of carbonyl (C=O) groups is 2. The van der Waals surface area contributed by atoms with E-state index in [4.69, 9.17) is 16.2 Å². The van der Waals surface area contributed by atoms with Gasteiger partial charge in [-0.3, -0.25) is 9.59 Å². The Labute approximate surface area is 118 Å². The SMILES string of the molecule is CCOc1ccc(C(C(N)=O)C(N)=O)cc1CN(C)C. The Kier molecular flexibility index (Phi) is 5.52. The van der Waals surface area contributed by atoms with Crippen molar-refractivity contribution in [2.75, 3.05) is 20.7 Å². The molecular weight excluding hydrogens is 258 g/mol. The van der Waals surface area contributed by atoms with E-state index in [1.807, 2.05) is 25.9 Å². The summed E-state index contributed by atoms with van der Waals surface area (Å²) in [6.07, 6.45) is 0. The van der Waals surface area contributed by atoms with Crippen LogP contribution in [0.25, 0.3) is 0 Å². The number of hydrogen-bond acceptors (Lipinski definition) is 4. The van der Waals surface area contributed by atoms with Crippen molar-refractivity contribution in [1.82, 2.24) is 4.90 Å². The molecule has 0 aliphatic carbocycles. The monoisotopic (exact) mass is 279 g/mol. The van der Waals surface area contributed by atoms with E-state index < -0.39 is 17.7 Å². The predicted octanol–water partition coefficient (Wildman–Crippen LogP) is 0.201. The maximum Gasteiger partial charge on any atom is 0.234 e. The fourth-order valence-electron chi connectivity index (χ4n) is 2.01. The third-order valence-electron chi connectivity index (χ3n) is 2.77. The summed E-state index contributed by atoms with van der Waals surface area (Å²) in [5.41, 5.74) is 11.8. The molecule has 0 heterocycles. The normalized spacial score (nSPS) is 10.8. The van der Waals surface area contributed by atoms with Gasteiger partial charge in [0.1, 0.15) is 11.7 Å². The molecule has 20 heavy (non-hydrogen) atoms. The fourth-order valence-corrected chi connectivity index (χ4v) is 2.01. The molecule has 0 aliphatic heterocycles. The smallest absolute Gasteiger partial charge is 0.234 e. The first-order valence-electron chi connectivity index (χ1n) is 6.35. The van der Waals surface area contributed by atoms with E-state index in [1.165, 1.54) is 0 Å². The number of nitrogens with zero attached hydrogens (tertiary/aromatic N) is 1. The summed E-state index contributed by atoms with van der Waals surface area (Å²) in [4.78, 5) is 24.7. The Bertz CT molecular complexity index is 486. The molecule has 0 spiro atoms. The molecule has 0 bridgehead atoms. The molecule has 0 atom stereocenters. The molecule has 110 valence electrons. The Balaban J connectivity index is 3.22. The summed E-state index contributed by atoms with van der Waals surface area (Å²) in [7, 11) is 3.84. The lowest BCUT2D eigenvalue weighted by atomic mass is 9.95. The van der Waals surface area contributed by atoms with Crippen LogP contribution in [0.3, 0.4) is 0 Å². The van der Waals surface area contributed by atoms with Gasteiger partial charge in [0.05, 0.1) is 6.61 Å². The molecule has 2 amide bonds. The fraction of sp³-hybridized carbons (Fsp3) is 0.429. The van der Waals surface area contributed by atoms with Gasteiger partial charge in [-0.05, 0) is 38.7 Å². The predicted molar refractivity (Wildman–Crippen MR) is 76.1 cm³/mol. The second kappa shape index (κ2) is 6.91. The standard InChI is InChI=1S/C14H21N3O3/c1-4-20-11-6-5-9(7-10(11)8-17(2)3)12(13(15)18)14(16)19/h5-7,12H,4,8H2,1-3H3,(H2,15,18)(H2,16,19). The lowest BCUT2D eigenvalue weighted by Crippen LogP contribution is -2.33. The molecule has 0 saturated heterocycles. The van der Waals surface area contributed by atoms with Gasteiger partial charge >= 0.3 is 0 Å². The van der Waals surface area contributed by atoms with Gasteiger partial charge in [0.2, 0.25) is 11.8 Å². The van der Waals surface area contributed by atoms with Gasteiger partial charge in [0, 0.05) is 12.1 Å². The van der Waals surface area contributed by atoms with Crippen molar-refractivity contribution in [1.29, 1.82) is 0 Å². The van der Waals surface area contributed by atoms with Gasteiger partial charge in [-0.25, -0.2) is 0 Å². The second-order valence-corrected chi connectivity index (χ2v) is 4.78. The Hall–Kier alpha value is -2.08. The molecule has 0 saturated carbocycles. The zero-order chi connectivity index (χ0) is 15.3. The first-order valence-corrected chi connectivity index (χ1v) is 6.35. The van der Waals surface area contributed by atoms with Crippen molar-refractivity contribution in [3.05, 3.63) is 29.3 Å². The van der Waals surface area contributed by atoms with Crippen LogP contribution in [0, 0.1) is 0 Å². The maximum atomic E-state index is 11.4. The Morgan fingerprint density at radius 1 is 1.25 bits per heavy atom. The lowest BCUT2D eigenvalue weighted by molar-refractivity contribution is -0.128. The molecule has 6 nitrogen and oxygen atoms in total. The first-order chi connectivity index (χ1) is 9.36. The summed E-state index contributed by atoms with van der Waals surface area (Å²) >= 11 is 0. The van der Waals surface area contributed by atoms with E-state index in [2.05, 4.69) is 0 Å². The topological polar surface area (TPSA) is 98.6 Å².